The molecule has 86 valence electrons. The molecule has 0 aromatic carbocycles. The van der Waals surface area contributed by atoms with Crippen LogP contribution < -0.4 is 5.84 Å². The van der Waals surface area contributed by atoms with Crippen LogP contribution in [-0.2, 0) is 5.75 Å². The van der Waals surface area contributed by atoms with Crippen LogP contribution in [0.15, 0.2) is 9.57 Å². The second-order valence-electron chi connectivity index (χ2n) is 3.44. The van der Waals surface area contributed by atoms with Crippen molar-refractivity contribution in [3.05, 3.63) is 23.2 Å². The van der Waals surface area contributed by atoms with E-state index in [1.807, 2.05) is 13.8 Å². The molecule has 16 heavy (non-hydrogen) atoms. The van der Waals surface area contributed by atoms with Gasteiger partial charge in [-0.3, -0.25) is 0 Å². The van der Waals surface area contributed by atoms with Gasteiger partial charge in [0.05, 0.1) is 11.4 Å². The van der Waals surface area contributed by atoms with Gasteiger partial charge in [-0.2, -0.15) is 0 Å². The van der Waals surface area contributed by atoms with E-state index in [4.69, 9.17) is 10.3 Å². The first-order valence-electron chi connectivity index (χ1n) is 4.80. The Morgan fingerprint density at radius 2 is 2.06 bits per heavy atom. The molecule has 0 bridgehead atoms. The predicted octanol–water partition coefficient (Wildman–Crippen LogP) is 1.20. The Kier molecular flexibility index (Phi) is 2.86. The number of aromatic nitrogens is 4. The van der Waals surface area contributed by atoms with Crippen LogP contribution in [0, 0.1) is 20.8 Å². The third-order valence-corrected chi connectivity index (χ3v) is 3.16. The molecule has 0 radical (unpaired) electrons. The molecular formula is C9H13N5OS. The number of hydrogen-bond donors (Lipinski definition) is 1. The lowest BCUT2D eigenvalue weighted by Crippen LogP contribution is -2.11. The van der Waals surface area contributed by atoms with Crippen LogP contribution in [0.2, 0.25) is 0 Å². The van der Waals surface area contributed by atoms with E-state index in [-0.39, 0.29) is 0 Å². The number of nitrogens with zero attached hydrogens (tertiary/aromatic N) is 4. The minimum atomic E-state index is 0.601. The number of thioether (sulfide) groups is 1. The van der Waals surface area contributed by atoms with Crippen LogP contribution in [0.25, 0.3) is 0 Å². The summed E-state index contributed by atoms with van der Waals surface area (Å²) in [6.07, 6.45) is 0. The van der Waals surface area contributed by atoms with Crippen LogP contribution in [0.1, 0.15) is 23.2 Å². The zero-order chi connectivity index (χ0) is 11.7. The van der Waals surface area contributed by atoms with Crippen molar-refractivity contribution in [2.24, 2.45) is 0 Å². The highest BCUT2D eigenvalue weighted by atomic mass is 32.2. The first-order valence-corrected chi connectivity index (χ1v) is 5.79. The fourth-order valence-corrected chi connectivity index (χ4v) is 1.92. The maximum atomic E-state index is 5.72. The van der Waals surface area contributed by atoms with E-state index in [2.05, 4.69) is 15.2 Å². The first-order chi connectivity index (χ1) is 7.58. The van der Waals surface area contributed by atoms with Crippen LogP contribution in [0.5, 0.6) is 0 Å². The summed E-state index contributed by atoms with van der Waals surface area (Å²) in [6, 6.07) is 0. The lowest BCUT2D eigenvalue weighted by Gasteiger charge is -1.98. The lowest BCUT2D eigenvalue weighted by molar-refractivity contribution is 0.489. The molecule has 6 nitrogen and oxygen atoms in total. The van der Waals surface area contributed by atoms with E-state index in [1.165, 1.54) is 16.4 Å². The summed E-state index contributed by atoms with van der Waals surface area (Å²) in [5, 5.41) is 8.47. The molecule has 0 atom stereocenters. The third-order valence-electron chi connectivity index (χ3n) is 2.23. The summed E-state index contributed by atoms with van der Waals surface area (Å²) < 4.78 is 6.90. The molecule has 0 aliphatic carbocycles. The van der Waals surface area contributed by atoms with Gasteiger partial charge in [0.2, 0.25) is 11.0 Å². The summed E-state index contributed by atoms with van der Waals surface area (Å²) in [5.74, 6) is 8.53. The molecule has 2 N–H and O–H groups in total. The third kappa shape index (κ3) is 2.04. The highest BCUT2D eigenvalue weighted by Crippen LogP contribution is 2.21. The highest BCUT2D eigenvalue weighted by molar-refractivity contribution is 7.98. The molecule has 2 rings (SSSR count). The molecule has 0 aliphatic rings. The summed E-state index contributed by atoms with van der Waals surface area (Å²) in [7, 11) is 0. The molecule has 0 saturated heterocycles. The normalized spacial score (nSPS) is 10.9. The standard InChI is InChI=1S/C9H13N5OS/c1-5-6(2)15-8(11-5)4-16-9-13-12-7(3)14(9)10/h4,10H2,1-3H3. The first kappa shape index (κ1) is 11.0. The lowest BCUT2D eigenvalue weighted by atomic mass is 10.4. The fourth-order valence-electron chi connectivity index (χ4n) is 1.18. The molecular weight excluding hydrogens is 226 g/mol. The van der Waals surface area contributed by atoms with Gasteiger partial charge in [0.25, 0.3) is 0 Å². The fraction of sp³-hybridized carbons (Fsp3) is 0.444. The van der Waals surface area contributed by atoms with Crippen LogP contribution in [0.4, 0.5) is 0 Å². The van der Waals surface area contributed by atoms with Crippen molar-refractivity contribution in [2.45, 2.75) is 31.7 Å². The number of hydrogen-bond acceptors (Lipinski definition) is 6. The second kappa shape index (κ2) is 4.17. The summed E-state index contributed by atoms with van der Waals surface area (Å²) in [5.41, 5.74) is 0.918. The van der Waals surface area contributed by atoms with E-state index >= 15 is 0 Å². The van der Waals surface area contributed by atoms with Gasteiger partial charge in [0.15, 0.2) is 0 Å². The van der Waals surface area contributed by atoms with Crippen molar-refractivity contribution >= 4 is 11.8 Å². The van der Waals surface area contributed by atoms with Crippen LogP contribution in [-0.4, -0.2) is 19.9 Å². The second-order valence-corrected chi connectivity index (χ2v) is 4.38. The average Bonchev–Trinajstić information content (AvgIpc) is 2.72. The number of nitrogen functional groups attached to an aromatic ring is 1. The highest BCUT2D eigenvalue weighted by Gasteiger charge is 2.10. The van der Waals surface area contributed by atoms with Crippen molar-refractivity contribution < 1.29 is 4.42 Å². The molecule has 7 heteroatoms. The number of aryl methyl sites for hydroxylation is 3. The Bertz CT molecular complexity index is 484. The Hall–Kier alpha value is -1.50. The van der Waals surface area contributed by atoms with Crippen molar-refractivity contribution in [1.82, 2.24) is 19.9 Å². The molecule has 0 amide bonds. The zero-order valence-corrected chi connectivity index (χ0v) is 10.2. The Morgan fingerprint density at radius 1 is 1.31 bits per heavy atom. The monoisotopic (exact) mass is 239 g/mol. The van der Waals surface area contributed by atoms with Gasteiger partial charge in [-0.1, -0.05) is 11.8 Å². The van der Waals surface area contributed by atoms with Gasteiger partial charge in [-0.15, -0.1) is 10.2 Å². The summed E-state index contributed by atoms with van der Waals surface area (Å²) in [6.45, 7) is 5.62. The van der Waals surface area contributed by atoms with E-state index < -0.39 is 0 Å². The minimum absolute atomic E-state index is 0.601. The number of rotatable bonds is 3. The van der Waals surface area contributed by atoms with E-state index in [9.17, 15) is 0 Å². The van der Waals surface area contributed by atoms with E-state index in [0.29, 0.717) is 22.6 Å². The molecule has 2 aromatic rings. The Labute approximate surface area is 97.2 Å². The average molecular weight is 239 g/mol. The summed E-state index contributed by atoms with van der Waals surface area (Å²) in [4.78, 5) is 4.28. The maximum absolute atomic E-state index is 5.72. The topological polar surface area (TPSA) is 82.8 Å². The van der Waals surface area contributed by atoms with Crippen molar-refractivity contribution in [2.75, 3.05) is 5.84 Å². The predicted molar refractivity (Wildman–Crippen MR) is 60.4 cm³/mol. The van der Waals surface area contributed by atoms with Crippen LogP contribution >= 0.6 is 11.8 Å². The van der Waals surface area contributed by atoms with Gasteiger partial charge in [-0.05, 0) is 20.8 Å². The molecule has 2 aromatic heterocycles. The van der Waals surface area contributed by atoms with Gasteiger partial charge < -0.3 is 10.3 Å². The zero-order valence-electron chi connectivity index (χ0n) is 9.39. The molecule has 0 unspecified atom stereocenters. The van der Waals surface area contributed by atoms with Crippen LogP contribution in [0.3, 0.4) is 0 Å². The molecule has 0 spiro atoms. The number of oxazole rings is 1. The quantitative estimate of drug-likeness (QED) is 0.640. The summed E-state index contributed by atoms with van der Waals surface area (Å²) >= 11 is 1.45. The molecule has 0 saturated carbocycles. The van der Waals surface area contributed by atoms with Crippen molar-refractivity contribution in [1.29, 1.82) is 0 Å². The SMILES string of the molecule is Cc1nc(CSc2nnc(C)n2N)oc1C. The number of nitrogens with two attached hydrogens (primary N) is 1. The Balaban J connectivity index is 2.05. The maximum Gasteiger partial charge on any atom is 0.210 e. The minimum Gasteiger partial charge on any atom is -0.445 e. The molecule has 0 aliphatic heterocycles. The van der Waals surface area contributed by atoms with E-state index in [0.717, 1.165) is 11.5 Å². The smallest absolute Gasteiger partial charge is 0.210 e. The van der Waals surface area contributed by atoms with Crippen molar-refractivity contribution in [3.63, 3.8) is 0 Å². The van der Waals surface area contributed by atoms with E-state index in [1.54, 1.807) is 6.92 Å². The van der Waals surface area contributed by atoms with Crippen molar-refractivity contribution in [3.8, 4) is 0 Å². The van der Waals surface area contributed by atoms with Gasteiger partial charge >= 0.3 is 0 Å². The van der Waals surface area contributed by atoms with Gasteiger partial charge in [-0.25, -0.2) is 9.66 Å². The molecule has 0 fully saturated rings. The largest absolute Gasteiger partial charge is 0.445 e. The van der Waals surface area contributed by atoms with Gasteiger partial charge in [0, 0.05) is 0 Å². The molecule has 2 heterocycles. The Morgan fingerprint density at radius 3 is 2.56 bits per heavy atom. The van der Waals surface area contributed by atoms with Gasteiger partial charge in [0.1, 0.15) is 11.6 Å².